The standard InChI is InChI=1S/C16H20ClN3O/c1-19-15(17)10-18-16(19)11-20-8-4-7-14(20)12-5-3-6-13(9-12)21-2/h3,5-6,9-10,14H,4,7-8,11H2,1-2H3/t14-/m0/s1. The number of methoxy groups -OCH3 is 1. The van der Waals surface area contributed by atoms with Gasteiger partial charge >= 0.3 is 0 Å². The molecule has 112 valence electrons. The normalized spacial score (nSPS) is 19.1. The maximum absolute atomic E-state index is 6.07. The van der Waals surface area contributed by atoms with Crippen molar-refractivity contribution in [2.24, 2.45) is 7.05 Å². The van der Waals surface area contributed by atoms with Gasteiger partial charge in [0.05, 0.1) is 19.9 Å². The summed E-state index contributed by atoms with van der Waals surface area (Å²) >= 11 is 6.07. The van der Waals surface area contributed by atoms with Crippen LogP contribution < -0.4 is 4.74 Å². The lowest BCUT2D eigenvalue weighted by Gasteiger charge is -2.24. The SMILES string of the molecule is COc1cccc([C@@H]2CCCN2Cc2ncc(Cl)n2C)c1. The van der Waals surface area contributed by atoms with Crippen molar-refractivity contribution in [1.82, 2.24) is 14.5 Å². The van der Waals surface area contributed by atoms with Crippen LogP contribution in [0, 0.1) is 0 Å². The van der Waals surface area contributed by atoms with Gasteiger partial charge in [-0.15, -0.1) is 0 Å². The van der Waals surface area contributed by atoms with Gasteiger partial charge in [-0.05, 0) is 37.1 Å². The minimum atomic E-state index is 0.426. The number of nitrogens with zero attached hydrogens (tertiary/aromatic N) is 3. The number of imidazole rings is 1. The number of hydrogen-bond acceptors (Lipinski definition) is 3. The van der Waals surface area contributed by atoms with Crippen molar-refractivity contribution in [3.8, 4) is 5.75 Å². The number of rotatable bonds is 4. The van der Waals surface area contributed by atoms with E-state index in [-0.39, 0.29) is 0 Å². The lowest BCUT2D eigenvalue weighted by atomic mass is 10.0. The number of benzene rings is 1. The Hall–Kier alpha value is -1.52. The molecule has 1 aromatic carbocycles. The summed E-state index contributed by atoms with van der Waals surface area (Å²) in [6.45, 7) is 1.91. The van der Waals surface area contributed by atoms with E-state index in [1.165, 1.54) is 18.4 Å². The molecule has 0 N–H and O–H groups in total. The van der Waals surface area contributed by atoms with E-state index in [0.717, 1.165) is 24.7 Å². The summed E-state index contributed by atoms with van der Waals surface area (Å²) in [5.41, 5.74) is 1.31. The molecule has 1 atom stereocenters. The minimum Gasteiger partial charge on any atom is -0.497 e. The molecule has 4 nitrogen and oxygen atoms in total. The molecule has 3 rings (SSSR count). The molecule has 1 fully saturated rings. The summed E-state index contributed by atoms with van der Waals surface area (Å²) in [5, 5.41) is 0.683. The lowest BCUT2D eigenvalue weighted by molar-refractivity contribution is 0.239. The largest absolute Gasteiger partial charge is 0.497 e. The summed E-state index contributed by atoms with van der Waals surface area (Å²) in [5.74, 6) is 1.93. The highest BCUT2D eigenvalue weighted by Crippen LogP contribution is 2.34. The summed E-state index contributed by atoms with van der Waals surface area (Å²) in [4.78, 5) is 6.87. The Kier molecular flexibility index (Phi) is 4.17. The molecule has 5 heteroatoms. The van der Waals surface area contributed by atoms with E-state index in [9.17, 15) is 0 Å². The molecule has 0 bridgehead atoms. The number of hydrogen-bond donors (Lipinski definition) is 0. The number of halogens is 1. The van der Waals surface area contributed by atoms with Gasteiger partial charge in [-0.3, -0.25) is 4.90 Å². The van der Waals surface area contributed by atoms with Crippen molar-refractivity contribution in [3.05, 3.63) is 47.0 Å². The van der Waals surface area contributed by atoms with Crippen LogP contribution in [-0.2, 0) is 13.6 Å². The Bertz CT molecular complexity index is 626. The fourth-order valence-electron chi connectivity index (χ4n) is 2.99. The van der Waals surface area contributed by atoms with E-state index in [2.05, 4.69) is 28.1 Å². The molecular weight excluding hydrogens is 286 g/mol. The van der Waals surface area contributed by atoms with Gasteiger partial charge in [0, 0.05) is 13.1 Å². The van der Waals surface area contributed by atoms with Crippen LogP contribution in [0.15, 0.2) is 30.5 Å². The van der Waals surface area contributed by atoms with Crippen LogP contribution in [0.25, 0.3) is 0 Å². The van der Waals surface area contributed by atoms with Crippen LogP contribution in [0.1, 0.15) is 30.3 Å². The predicted molar refractivity (Wildman–Crippen MR) is 83.6 cm³/mol. The summed E-state index contributed by atoms with van der Waals surface area (Å²) in [6.07, 6.45) is 4.10. The van der Waals surface area contributed by atoms with Gasteiger partial charge in [0.15, 0.2) is 0 Å². The van der Waals surface area contributed by atoms with Crippen molar-refractivity contribution in [2.75, 3.05) is 13.7 Å². The highest BCUT2D eigenvalue weighted by atomic mass is 35.5. The van der Waals surface area contributed by atoms with Crippen LogP contribution in [0.2, 0.25) is 5.15 Å². The van der Waals surface area contributed by atoms with E-state index < -0.39 is 0 Å². The van der Waals surface area contributed by atoms with E-state index in [0.29, 0.717) is 11.2 Å². The summed E-state index contributed by atoms with van der Waals surface area (Å²) in [7, 11) is 3.67. The second-order valence-corrected chi connectivity index (χ2v) is 5.85. The molecule has 0 radical (unpaired) electrons. The molecule has 0 amide bonds. The molecule has 1 aliphatic rings. The monoisotopic (exact) mass is 305 g/mol. The average molecular weight is 306 g/mol. The predicted octanol–water partition coefficient (Wildman–Crippen LogP) is 3.42. The summed E-state index contributed by atoms with van der Waals surface area (Å²) in [6, 6.07) is 8.78. The molecule has 1 saturated heterocycles. The third-order valence-electron chi connectivity index (χ3n) is 4.21. The van der Waals surface area contributed by atoms with Crippen molar-refractivity contribution >= 4 is 11.6 Å². The van der Waals surface area contributed by atoms with Crippen molar-refractivity contribution in [3.63, 3.8) is 0 Å². The quantitative estimate of drug-likeness (QED) is 0.867. The molecule has 0 aliphatic carbocycles. The Labute approximate surface area is 130 Å². The summed E-state index contributed by atoms with van der Waals surface area (Å²) < 4.78 is 7.28. The zero-order valence-electron chi connectivity index (χ0n) is 12.4. The first-order valence-electron chi connectivity index (χ1n) is 7.23. The lowest BCUT2D eigenvalue weighted by Crippen LogP contribution is -2.24. The van der Waals surface area contributed by atoms with E-state index in [4.69, 9.17) is 16.3 Å². The fourth-order valence-corrected chi connectivity index (χ4v) is 3.14. The maximum Gasteiger partial charge on any atom is 0.128 e. The highest BCUT2D eigenvalue weighted by molar-refractivity contribution is 6.29. The molecule has 2 aromatic rings. The smallest absolute Gasteiger partial charge is 0.128 e. The van der Waals surface area contributed by atoms with Crippen molar-refractivity contribution < 1.29 is 4.74 Å². The average Bonchev–Trinajstić information content (AvgIpc) is 3.09. The first kappa shape index (κ1) is 14.4. The van der Waals surface area contributed by atoms with Gasteiger partial charge in [0.2, 0.25) is 0 Å². The second-order valence-electron chi connectivity index (χ2n) is 5.46. The Morgan fingerprint density at radius 1 is 1.43 bits per heavy atom. The van der Waals surface area contributed by atoms with Gasteiger partial charge in [-0.25, -0.2) is 4.98 Å². The van der Waals surface area contributed by atoms with Gasteiger partial charge in [0.1, 0.15) is 16.7 Å². The van der Waals surface area contributed by atoms with Crippen molar-refractivity contribution in [2.45, 2.75) is 25.4 Å². The van der Waals surface area contributed by atoms with E-state index in [1.807, 2.05) is 17.7 Å². The number of ether oxygens (including phenoxy) is 1. The van der Waals surface area contributed by atoms with Crippen LogP contribution in [0.5, 0.6) is 5.75 Å². The number of aromatic nitrogens is 2. The van der Waals surface area contributed by atoms with Gasteiger partial charge < -0.3 is 9.30 Å². The zero-order chi connectivity index (χ0) is 14.8. The van der Waals surface area contributed by atoms with Gasteiger partial charge in [-0.2, -0.15) is 0 Å². The highest BCUT2D eigenvalue weighted by Gasteiger charge is 2.27. The van der Waals surface area contributed by atoms with Crippen LogP contribution in [-0.4, -0.2) is 28.1 Å². The second kappa shape index (κ2) is 6.08. The first-order chi connectivity index (χ1) is 10.2. The van der Waals surface area contributed by atoms with Crippen molar-refractivity contribution in [1.29, 1.82) is 0 Å². The molecule has 1 aliphatic heterocycles. The molecule has 0 spiro atoms. The van der Waals surface area contributed by atoms with E-state index >= 15 is 0 Å². The molecule has 0 saturated carbocycles. The Balaban J connectivity index is 1.80. The third kappa shape index (κ3) is 2.92. The Morgan fingerprint density at radius 3 is 3.00 bits per heavy atom. The van der Waals surface area contributed by atoms with Crippen LogP contribution in [0.4, 0.5) is 0 Å². The topological polar surface area (TPSA) is 30.3 Å². The first-order valence-corrected chi connectivity index (χ1v) is 7.61. The molecule has 21 heavy (non-hydrogen) atoms. The number of likely N-dealkylation sites (tertiary alicyclic amines) is 1. The van der Waals surface area contributed by atoms with E-state index in [1.54, 1.807) is 13.3 Å². The molecule has 2 heterocycles. The Morgan fingerprint density at radius 2 is 2.29 bits per heavy atom. The zero-order valence-corrected chi connectivity index (χ0v) is 13.2. The van der Waals surface area contributed by atoms with Crippen LogP contribution >= 0.6 is 11.6 Å². The molecule has 0 unspecified atom stereocenters. The molecular formula is C16H20ClN3O. The molecule has 1 aromatic heterocycles. The third-order valence-corrected chi connectivity index (χ3v) is 4.57. The van der Waals surface area contributed by atoms with Gasteiger partial charge in [-0.1, -0.05) is 23.7 Å². The maximum atomic E-state index is 6.07. The minimum absolute atomic E-state index is 0.426. The van der Waals surface area contributed by atoms with Crippen LogP contribution in [0.3, 0.4) is 0 Å². The fraction of sp³-hybridized carbons (Fsp3) is 0.438. The van der Waals surface area contributed by atoms with Gasteiger partial charge in [0.25, 0.3) is 0 Å².